The summed E-state index contributed by atoms with van der Waals surface area (Å²) in [6, 6.07) is 8.33. The Morgan fingerprint density at radius 1 is 1.19 bits per heavy atom. The summed E-state index contributed by atoms with van der Waals surface area (Å²) in [7, 11) is 0. The first-order valence-electron chi connectivity index (χ1n) is 5.32. The Morgan fingerprint density at radius 3 is 2.38 bits per heavy atom. The van der Waals surface area contributed by atoms with Crippen LogP contribution < -0.4 is 0 Å². The molecule has 1 heterocycles. The number of terminal acetylenes is 1. The normalized spacial score (nSPS) is 10.4. The van der Waals surface area contributed by atoms with Crippen LogP contribution in [0.1, 0.15) is 25.5 Å². The fraction of sp³-hybridized carbons (Fsp3) is 0.214. The zero-order valence-corrected chi connectivity index (χ0v) is 9.51. The van der Waals surface area contributed by atoms with Crippen LogP contribution >= 0.6 is 0 Å². The molecule has 0 fully saturated rings. The molecule has 80 valence electrons. The van der Waals surface area contributed by atoms with E-state index in [4.69, 9.17) is 6.42 Å². The van der Waals surface area contributed by atoms with Crippen molar-refractivity contribution in [1.82, 2.24) is 9.78 Å². The van der Waals surface area contributed by atoms with Crippen molar-refractivity contribution in [3.05, 3.63) is 42.2 Å². The van der Waals surface area contributed by atoms with Gasteiger partial charge in [-0.2, -0.15) is 5.10 Å². The highest BCUT2D eigenvalue weighted by molar-refractivity contribution is 5.62. The third kappa shape index (κ3) is 1.99. The molecule has 0 radical (unpaired) electrons. The molecule has 0 saturated carbocycles. The monoisotopic (exact) mass is 210 g/mol. The second-order valence-corrected chi connectivity index (χ2v) is 4.02. The van der Waals surface area contributed by atoms with Crippen molar-refractivity contribution in [2.45, 2.75) is 19.9 Å². The first kappa shape index (κ1) is 10.5. The summed E-state index contributed by atoms with van der Waals surface area (Å²) in [5.41, 5.74) is 3.17. The van der Waals surface area contributed by atoms with Crippen LogP contribution in [0.2, 0.25) is 0 Å². The van der Waals surface area contributed by atoms with Crippen LogP contribution in [-0.2, 0) is 0 Å². The Kier molecular flexibility index (Phi) is 2.78. The van der Waals surface area contributed by atoms with E-state index >= 15 is 0 Å². The zero-order chi connectivity index (χ0) is 11.5. The summed E-state index contributed by atoms with van der Waals surface area (Å²) in [5, 5.41) is 4.31. The van der Waals surface area contributed by atoms with Gasteiger partial charge in [0.1, 0.15) is 0 Å². The van der Waals surface area contributed by atoms with Gasteiger partial charge in [-0.3, -0.25) is 4.68 Å². The Morgan fingerprint density at radius 2 is 1.88 bits per heavy atom. The molecule has 1 aromatic carbocycles. The quantitative estimate of drug-likeness (QED) is 0.696. The smallest absolute Gasteiger partial charge is 0.0568 e. The van der Waals surface area contributed by atoms with Gasteiger partial charge in [-0.25, -0.2) is 0 Å². The molecule has 0 amide bonds. The van der Waals surface area contributed by atoms with E-state index in [-0.39, 0.29) is 0 Å². The molecule has 0 aliphatic heterocycles. The molecule has 2 aromatic rings. The molecular formula is C14H14N2. The third-order valence-corrected chi connectivity index (χ3v) is 2.52. The third-order valence-electron chi connectivity index (χ3n) is 2.52. The van der Waals surface area contributed by atoms with Crippen LogP contribution in [0.4, 0.5) is 0 Å². The van der Waals surface area contributed by atoms with Crippen LogP contribution in [0.25, 0.3) is 11.1 Å². The lowest BCUT2D eigenvalue weighted by molar-refractivity contribution is 0.532. The molecule has 1 aromatic heterocycles. The summed E-state index contributed by atoms with van der Waals surface area (Å²) >= 11 is 0. The van der Waals surface area contributed by atoms with Crippen molar-refractivity contribution in [1.29, 1.82) is 0 Å². The maximum atomic E-state index is 5.32. The van der Waals surface area contributed by atoms with E-state index in [2.05, 4.69) is 31.1 Å². The van der Waals surface area contributed by atoms with Gasteiger partial charge in [-0.1, -0.05) is 18.1 Å². The topological polar surface area (TPSA) is 17.8 Å². The summed E-state index contributed by atoms with van der Waals surface area (Å²) < 4.78 is 1.95. The largest absolute Gasteiger partial charge is 0.270 e. The minimum atomic E-state index is 0.388. The minimum absolute atomic E-state index is 0.388. The first-order chi connectivity index (χ1) is 7.70. The van der Waals surface area contributed by atoms with Gasteiger partial charge in [-0.05, 0) is 31.5 Å². The molecule has 0 atom stereocenters. The van der Waals surface area contributed by atoms with Crippen molar-refractivity contribution >= 4 is 0 Å². The molecule has 0 spiro atoms. The predicted molar refractivity (Wildman–Crippen MR) is 66.0 cm³/mol. The van der Waals surface area contributed by atoms with Gasteiger partial charge < -0.3 is 0 Å². The minimum Gasteiger partial charge on any atom is -0.270 e. The summed E-state index contributed by atoms with van der Waals surface area (Å²) in [6.07, 6.45) is 9.25. The van der Waals surface area contributed by atoms with Crippen molar-refractivity contribution in [3.8, 4) is 23.5 Å². The first-order valence-corrected chi connectivity index (χ1v) is 5.32. The number of rotatable bonds is 2. The Balaban J connectivity index is 2.32. The van der Waals surface area contributed by atoms with Crippen molar-refractivity contribution in [3.63, 3.8) is 0 Å². The van der Waals surface area contributed by atoms with Gasteiger partial charge >= 0.3 is 0 Å². The highest BCUT2D eigenvalue weighted by atomic mass is 15.3. The lowest BCUT2D eigenvalue weighted by Crippen LogP contribution is -1.99. The summed E-state index contributed by atoms with van der Waals surface area (Å²) in [6.45, 7) is 4.22. The fourth-order valence-electron chi connectivity index (χ4n) is 1.53. The molecule has 0 aliphatic rings. The molecule has 0 N–H and O–H groups in total. The number of aromatic nitrogens is 2. The highest BCUT2D eigenvalue weighted by Gasteiger charge is 2.03. The van der Waals surface area contributed by atoms with E-state index < -0.39 is 0 Å². The standard InChI is InChI=1S/C14H14N2/c1-4-12-5-7-13(8-6-12)14-9-15-16(10-14)11(2)3/h1,5-11H,2-3H3. The molecule has 0 aliphatic carbocycles. The van der Waals surface area contributed by atoms with Gasteiger partial charge in [-0.15, -0.1) is 6.42 Å². The lowest BCUT2D eigenvalue weighted by atomic mass is 10.1. The van der Waals surface area contributed by atoms with E-state index in [1.165, 1.54) is 0 Å². The zero-order valence-electron chi connectivity index (χ0n) is 9.51. The Labute approximate surface area is 95.9 Å². The molecule has 0 bridgehead atoms. The molecule has 2 nitrogen and oxygen atoms in total. The maximum absolute atomic E-state index is 5.32. The van der Waals surface area contributed by atoms with E-state index in [9.17, 15) is 0 Å². The van der Waals surface area contributed by atoms with Crippen LogP contribution in [0.5, 0.6) is 0 Å². The van der Waals surface area contributed by atoms with Crippen LogP contribution in [0, 0.1) is 12.3 Å². The van der Waals surface area contributed by atoms with Gasteiger partial charge in [0.25, 0.3) is 0 Å². The molecule has 2 heteroatoms. The number of hydrogen-bond acceptors (Lipinski definition) is 1. The van der Waals surface area contributed by atoms with Gasteiger partial charge in [0, 0.05) is 23.4 Å². The second kappa shape index (κ2) is 4.24. The van der Waals surface area contributed by atoms with Gasteiger partial charge in [0.15, 0.2) is 0 Å². The van der Waals surface area contributed by atoms with Gasteiger partial charge in [0.05, 0.1) is 6.20 Å². The maximum Gasteiger partial charge on any atom is 0.0568 e. The van der Waals surface area contributed by atoms with E-state index in [1.54, 1.807) is 0 Å². The van der Waals surface area contributed by atoms with Crippen molar-refractivity contribution in [2.75, 3.05) is 0 Å². The summed E-state index contributed by atoms with van der Waals surface area (Å²) in [5.74, 6) is 2.61. The van der Waals surface area contributed by atoms with E-state index in [1.807, 2.05) is 35.1 Å². The summed E-state index contributed by atoms with van der Waals surface area (Å²) in [4.78, 5) is 0. The van der Waals surface area contributed by atoms with Crippen LogP contribution in [0.15, 0.2) is 36.7 Å². The fourth-order valence-corrected chi connectivity index (χ4v) is 1.53. The Hall–Kier alpha value is -2.01. The van der Waals surface area contributed by atoms with E-state index in [0.29, 0.717) is 6.04 Å². The van der Waals surface area contributed by atoms with Crippen molar-refractivity contribution in [2.24, 2.45) is 0 Å². The van der Waals surface area contributed by atoms with Crippen molar-refractivity contribution < 1.29 is 0 Å². The predicted octanol–water partition coefficient (Wildman–Crippen LogP) is 3.11. The van der Waals surface area contributed by atoms with E-state index in [0.717, 1.165) is 16.7 Å². The molecule has 0 saturated heterocycles. The average Bonchev–Trinajstić information content (AvgIpc) is 2.78. The Bertz CT molecular complexity index is 512. The molecule has 0 unspecified atom stereocenters. The second-order valence-electron chi connectivity index (χ2n) is 4.02. The van der Waals surface area contributed by atoms with Gasteiger partial charge in [0.2, 0.25) is 0 Å². The molecular weight excluding hydrogens is 196 g/mol. The lowest BCUT2D eigenvalue weighted by Gasteiger charge is -2.03. The number of nitrogens with zero attached hydrogens (tertiary/aromatic N) is 2. The SMILES string of the molecule is C#Cc1ccc(-c2cnn(C(C)C)c2)cc1. The number of benzene rings is 1. The average molecular weight is 210 g/mol. The number of hydrogen-bond donors (Lipinski definition) is 0. The highest BCUT2D eigenvalue weighted by Crippen LogP contribution is 2.20. The molecule has 2 rings (SSSR count). The van der Waals surface area contributed by atoms with Crippen LogP contribution in [-0.4, -0.2) is 9.78 Å². The molecule has 16 heavy (non-hydrogen) atoms. The van der Waals surface area contributed by atoms with Crippen LogP contribution in [0.3, 0.4) is 0 Å².